The van der Waals surface area contributed by atoms with Gasteiger partial charge in [0.1, 0.15) is 6.33 Å². The fourth-order valence-corrected chi connectivity index (χ4v) is 3.93. The second-order valence-electron chi connectivity index (χ2n) is 7.05. The molecule has 30 heavy (non-hydrogen) atoms. The predicted octanol–water partition coefficient (Wildman–Crippen LogP) is 2.39. The van der Waals surface area contributed by atoms with Crippen molar-refractivity contribution in [3.05, 3.63) is 53.1 Å². The summed E-state index contributed by atoms with van der Waals surface area (Å²) in [6.45, 7) is 5.84. The molecule has 0 saturated carbocycles. The number of amides is 2. The first-order valence-corrected chi connectivity index (χ1v) is 10.4. The minimum atomic E-state index is -0.213. The fraction of sp³-hybridized carbons (Fsp3) is 0.350. The van der Waals surface area contributed by atoms with Crippen LogP contribution < -0.4 is 10.6 Å². The highest BCUT2D eigenvalue weighted by atomic mass is 32.2. The van der Waals surface area contributed by atoms with Gasteiger partial charge in [-0.2, -0.15) is 5.10 Å². The van der Waals surface area contributed by atoms with Gasteiger partial charge in [-0.15, -0.1) is 10.2 Å². The standard InChI is InChI=1S/C20H25N7O2S/c1-12(18-13(2)25-27(5)14(18)3)22-19(29)15-7-6-8-16(9-15)23-17(28)10-30-20-24-21-11-26(20)4/h6-9,11-12H,10H2,1-5H3,(H,22,29)(H,23,28). The molecule has 2 N–H and O–H groups in total. The van der Waals surface area contributed by atoms with Crippen molar-refractivity contribution in [3.8, 4) is 0 Å². The fourth-order valence-electron chi connectivity index (χ4n) is 3.24. The lowest BCUT2D eigenvalue weighted by Gasteiger charge is -2.15. The van der Waals surface area contributed by atoms with E-state index in [-0.39, 0.29) is 23.6 Å². The second-order valence-corrected chi connectivity index (χ2v) is 7.99. The smallest absolute Gasteiger partial charge is 0.251 e. The normalized spacial score (nSPS) is 11.9. The average molecular weight is 428 g/mol. The summed E-state index contributed by atoms with van der Waals surface area (Å²) in [7, 11) is 3.70. The van der Waals surface area contributed by atoms with Crippen LogP contribution in [0.15, 0.2) is 35.7 Å². The van der Waals surface area contributed by atoms with E-state index < -0.39 is 0 Å². The Bertz CT molecular complexity index is 1070. The molecule has 1 aromatic carbocycles. The van der Waals surface area contributed by atoms with Gasteiger partial charge in [0.2, 0.25) is 5.91 Å². The molecular weight excluding hydrogens is 402 g/mol. The zero-order valence-electron chi connectivity index (χ0n) is 17.6. The third kappa shape index (κ3) is 4.88. The maximum atomic E-state index is 12.7. The van der Waals surface area contributed by atoms with Crippen LogP contribution in [0.3, 0.4) is 0 Å². The first-order chi connectivity index (χ1) is 14.3. The van der Waals surface area contributed by atoms with Crippen molar-refractivity contribution in [1.29, 1.82) is 0 Å². The van der Waals surface area contributed by atoms with Crippen molar-refractivity contribution in [1.82, 2.24) is 29.9 Å². The number of nitrogens with one attached hydrogen (secondary N) is 2. The highest BCUT2D eigenvalue weighted by Crippen LogP contribution is 2.21. The number of aromatic nitrogens is 5. The van der Waals surface area contributed by atoms with Gasteiger partial charge < -0.3 is 15.2 Å². The molecule has 0 aliphatic heterocycles. The van der Waals surface area contributed by atoms with Crippen LogP contribution in [0.5, 0.6) is 0 Å². The number of carbonyl (C=O) groups is 2. The van der Waals surface area contributed by atoms with Gasteiger partial charge in [-0.1, -0.05) is 17.8 Å². The quantitative estimate of drug-likeness (QED) is 0.561. The summed E-state index contributed by atoms with van der Waals surface area (Å²) in [6, 6.07) is 6.68. The zero-order valence-corrected chi connectivity index (χ0v) is 18.4. The Labute approximate surface area is 179 Å². The second kappa shape index (κ2) is 9.12. The summed E-state index contributed by atoms with van der Waals surface area (Å²) in [6.07, 6.45) is 1.58. The molecule has 1 atom stereocenters. The van der Waals surface area contributed by atoms with E-state index >= 15 is 0 Å². The topological polar surface area (TPSA) is 107 Å². The summed E-state index contributed by atoms with van der Waals surface area (Å²) in [5.74, 6) is -0.204. The van der Waals surface area contributed by atoms with Crippen LogP contribution in [-0.2, 0) is 18.9 Å². The summed E-state index contributed by atoms with van der Waals surface area (Å²) >= 11 is 1.29. The summed E-state index contributed by atoms with van der Waals surface area (Å²) in [4.78, 5) is 25.0. The number of thioether (sulfide) groups is 1. The molecule has 158 valence electrons. The van der Waals surface area contributed by atoms with Crippen LogP contribution in [0, 0.1) is 13.8 Å². The molecule has 0 aliphatic carbocycles. The molecule has 10 heteroatoms. The lowest BCUT2D eigenvalue weighted by molar-refractivity contribution is -0.113. The van der Waals surface area contributed by atoms with Gasteiger partial charge in [0, 0.05) is 36.6 Å². The first kappa shape index (κ1) is 21.6. The molecule has 0 radical (unpaired) electrons. The largest absolute Gasteiger partial charge is 0.345 e. The van der Waals surface area contributed by atoms with Crippen molar-refractivity contribution in [2.24, 2.45) is 14.1 Å². The van der Waals surface area contributed by atoms with E-state index in [0.717, 1.165) is 17.0 Å². The highest BCUT2D eigenvalue weighted by Gasteiger charge is 2.19. The molecule has 0 bridgehead atoms. The molecular formula is C20H25N7O2S. The highest BCUT2D eigenvalue weighted by molar-refractivity contribution is 7.99. The van der Waals surface area contributed by atoms with E-state index in [1.54, 1.807) is 35.2 Å². The van der Waals surface area contributed by atoms with E-state index in [9.17, 15) is 9.59 Å². The third-order valence-corrected chi connectivity index (χ3v) is 5.79. The van der Waals surface area contributed by atoms with Crippen molar-refractivity contribution >= 4 is 29.3 Å². The lowest BCUT2D eigenvalue weighted by Crippen LogP contribution is -2.27. The van der Waals surface area contributed by atoms with Crippen molar-refractivity contribution in [2.75, 3.05) is 11.1 Å². The van der Waals surface area contributed by atoms with E-state index in [1.165, 1.54) is 11.8 Å². The molecule has 3 aromatic rings. The maximum absolute atomic E-state index is 12.7. The summed E-state index contributed by atoms with van der Waals surface area (Å²) in [5.41, 5.74) is 3.95. The number of hydrogen-bond acceptors (Lipinski definition) is 6. The molecule has 0 aliphatic rings. The van der Waals surface area contributed by atoms with E-state index in [0.29, 0.717) is 16.4 Å². The molecule has 2 aromatic heterocycles. The van der Waals surface area contributed by atoms with Crippen LogP contribution in [0.1, 0.15) is 40.3 Å². The van der Waals surface area contributed by atoms with Crippen LogP contribution in [0.25, 0.3) is 0 Å². The average Bonchev–Trinajstić information content (AvgIpc) is 3.22. The van der Waals surface area contributed by atoms with Gasteiger partial charge >= 0.3 is 0 Å². The van der Waals surface area contributed by atoms with Crippen molar-refractivity contribution in [2.45, 2.75) is 32.0 Å². The van der Waals surface area contributed by atoms with Gasteiger partial charge in [-0.25, -0.2) is 0 Å². The minimum Gasteiger partial charge on any atom is -0.345 e. The number of hydrogen-bond donors (Lipinski definition) is 2. The van der Waals surface area contributed by atoms with Gasteiger partial charge in [0.15, 0.2) is 5.16 Å². The van der Waals surface area contributed by atoms with Crippen LogP contribution >= 0.6 is 11.8 Å². The van der Waals surface area contributed by atoms with Gasteiger partial charge in [0.25, 0.3) is 5.91 Å². The van der Waals surface area contributed by atoms with Gasteiger partial charge in [0.05, 0.1) is 17.5 Å². The lowest BCUT2D eigenvalue weighted by atomic mass is 10.1. The minimum absolute atomic E-state index is 0.185. The Kier molecular flexibility index (Phi) is 6.56. The van der Waals surface area contributed by atoms with Crippen molar-refractivity contribution in [3.63, 3.8) is 0 Å². The molecule has 3 rings (SSSR count). The van der Waals surface area contributed by atoms with Crippen molar-refractivity contribution < 1.29 is 9.59 Å². The van der Waals surface area contributed by atoms with Gasteiger partial charge in [-0.3, -0.25) is 14.3 Å². The molecule has 0 fully saturated rings. The molecule has 0 spiro atoms. The summed E-state index contributed by atoms with van der Waals surface area (Å²) in [5, 5.41) is 18.6. The predicted molar refractivity (Wildman–Crippen MR) is 115 cm³/mol. The number of benzene rings is 1. The number of anilines is 1. The van der Waals surface area contributed by atoms with Crippen LogP contribution in [-0.4, -0.2) is 42.1 Å². The Morgan fingerprint density at radius 3 is 2.63 bits per heavy atom. The van der Waals surface area contributed by atoms with E-state index in [4.69, 9.17) is 0 Å². The zero-order chi connectivity index (χ0) is 21.8. The van der Waals surface area contributed by atoms with Crippen LogP contribution in [0.2, 0.25) is 0 Å². The Morgan fingerprint density at radius 1 is 1.23 bits per heavy atom. The molecule has 0 saturated heterocycles. The Balaban J connectivity index is 1.62. The maximum Gasteiger partial charge on any atom is 0.251 e. The third-order valence-electron chi connectivity index (χ3n) is 4.76. The SMILES string of the molecule is Cc1nn(C)c(C)c1C(C)NC(=O)c1cccc(NC(=O)CSc2nncn2C)c1. The monoisotopic (exact) mass is 427 g/mol. The number of nitrogens with zero attached hydrogens (tertiary/aromatic N) is 5. The molecule has 1 unspecified atom stereocenters. The van der Waals surface area contributed by atoms with Crippen LogP contribution in [0.4, 0.5) is 5.69 Å². The molecule has 2 amide bonds. The van der Waals surface area contributed by atoms with E-state index in [2.05, 4.69) is 25.9 Å². The van der Waals surface area contributed by atoms with E-state index in [1.807, 2.05) is 39.5 Å². The summed E-state index contributed by atoms with van der Waals surface area (Å²) < 4.78 is 3.55. The number of rotatable bonds is 7. The number of carbonyl (C=O) groups excluding carboxylic acids is 2. The Hall–Kier alpha value is -3.14. The molecule has 9 nitrogen and oxygen atoms in total. The molecule has 2 heterocycles. The first-order valence-electron chi connectivity index (χ1n) is 9.44. The Morgan fingerprint density at radius 2 is 2.00 bits per heavy atom. The number of aryl methyl sites for hydroxylation is 3. The van der Waals surface area contributed by atoms with Gasteiger partial charge in [-0.05, 0) is 39.0 Å².